The number of benzene rings is 6. The van der Waals surface area contributed by atoms with Gasteiger partial charge in [-0.15, -0.1) is 0 Å². The molecule has 0 fully saturated rings. The van der Waals surface area contributed by atoms with E-state index in [0.29, 0.717) is 0 Å². The molecule has 0 saturated heterocycles. The average Bonchev–Trinajstić information content (AvgIpc) is 2.86. The summed E-state index contributed by atoms with van der Waals surface area (Å²) in [5.41, 5.74) is 6.66. The van der Waals surface area contributed by atoms with Gasteiger partial charge in [0.2, 0.25) is 0 Å². The molecule has 164 valence electrons. The first-order valence-electron chi connectivity index (χ1n) is 12.0. The second-order valence-corrected chi connectivity index (χ2v) is 10.2. The SMILES string of the molecule is CC(C)(C)c1ccc(-c2c3ccccc3c(-c3ccc4ccccc4c3)c3ccccc23)cc1. The van der Waals surface area contributed by atoms with E-state index in [4.69, 9.17) is 0 Å². The molecular weight excluding hydrogens is 408 g/mol. The van der Waals surface area contributed by atoms with E-state index in [9.17, 15) is 0 Å². The molecule has 0 spiro atoms. The lowest BCUT2D eigenvalue weighted by Crippen LogP contribution is -2.10. The Morgan fingerprint density at radius 1 is 0.412 bits per heavy atom. The zero-order valence-electron chi connectivity index (χ0n) is 20.0. The summed E-state index contributed by atoms with van der Waals surface area (Å²) in [5.74, 6) is 0. The number of rotatable bonds is 2. The van der Waals surface area contributed by atoms with Crippen molar-refractivity contribution in [2.45, 2.75) is 26.2 Å². The van der Waals surface area contributed by atoms with Crippen LogP contribution in [0.25, 0.3) is 54.6 Å². The molecule has 0 unspecified atom stereocenters. The summed E-state index contributed by atoms with van der Waals surface area (Å²) in [4.78, 5) is 0. The van der Waals surface area contributed by atoms with E-state index in [0.717, 1.165) is 0 Å². The van der Waals surface area contributed by atoms with Crippen LogP contribution in [-0.2, 0) is 5.41 Å². The zero-order valence-corrected chi connectivity index (χ0v) is 20.0. The van der Waals surface area contributed by atoms with Gasteiger partial charge in [-0.3, -0.25) is 0 Å². The number of hydrogen-bond acceptors (Lipinski definition) is 0. The lowest BCUT2D eigenvalue weighted by atomic mass is 9.83. The molecule has 6 rings (SSSR count). The van der Waals surface area contributed by atoms with Crippen LogP contribution in [-0.4, -0.2) is 0 Å². The smallest absolute Gasteiger partial charge is 0.00262 e. The minimum absolute atomic E-state index is 0.141. The van der Waals surface area contributed by atoms with E-state index in [-0.39, 0.29) is 5.41 Å². The van der Waals surface area contributed by atoms with Crippen molar-refractivity contribution in [3.63, 3.8) is 0 Å². The van der Waals surface area contributed by atoms with Crippen molar-refractivity contribution in [2.24, 2.45) is 0 Å². The summed E-state index contributed by atoms with van der Waals surface area (Å²) in [6, 6.07) is 42.4. The molecule has 0 amide bonds. The minimum atomic E-state index is 0.141. The fraction of sp³-hybridized carbons (Fsp3) is 0.118. The van der Waals surface area contributed by atoms with E-state index in [1.165, 1.54) is 60.1 Å². The fourth-order valence-electron chi connectivity index (χ4n) is 5.23. The highest BCUT2D eigenvalue weighted by Crippen LogP contribution is 2.44. The Morgan fingerprint density at radius 3 is 1.38 bits per heavy atom. The highest BCUT2D eigenvalue weighted by Gasteiger charge is 2.18. The first-order valence-corrected chi connectivity index (χ1v) is 12.0. The molecule has 0 bridgehead atoms. The molecule has 0 saturated carbocycles. The Bertz CT molecular complexity index is 1600. The van der Waals surface area contributed by atoms with Crippen molar-refractivity contribution >= 4 is 32.3 Å². The van der Waals surface area contributed by atoms with Crippen molar-refractivity contribution in [1.82, 2.24) is 0 Å². The summed E-state index contributed by atoms with van der Waals surface area (Å²) in [5, 5.41) is 7.74. The first-order chi connectivity index (χ1) is 16.5. The maximum absolute atomic E-state index is 2.33. The van der Waals surface area contributed by atoms with Gasteiger partial charge in [-0.25, -0.2) is 0 Å². The van der Waals surface area contributed by atoms with E-state index < -0.39 is 0 Å². The monoisotopic (exact) mass is 436 g/mol. The van der Waals surface area contributed by atoms with Gasteiger partial charge in [0.05, 0.1) is 0 Å². The summed E-state index contributed by atoms with van der Waals surface area (Å²) in [7, 11) is 0. The van der Waals surface area contributed by atoms with Crippen LogP contribution in [0.1, 0.15) is 26.3 Å². The van der Waals surface area contributed by atoms with Crippen molar-refractivity contribution in [2.75, 3.05) is 0 Å². The molecule has 6 aromatic rings. The quantitative estimate of drug-likeness (QED) is 0.237. The largest absolute Gasteiger partial charge is 0.0616 e. The van der Waals surface area contributed by atoms with Gasteiger partial charge in [-0.05, 0) is 71.6 Å². The second-order valence-electron chi connectivity index (χ2n) is 10.2. The van der Waals surface area contributed by atoms with Gasteiger partial charge < -0.3 is 0 Å². The third kappa shape index (κ3) is 3.38. The lowest BCUT2D eigenvalue weighted by Gasteiger charge is -2.21. The van der Waals surface area contributed by atoms with Crippen LogP contribution < -0.4 is 0 Å². The summed E-state index contributed by atoms with van der Waals surface area (Å²) in [6.07, 6.45) is 0. The number of fused-ring (bicyclic) bond motifs is 3. The van der Waals surface area contributed by atoms with Crippen LogP contribution in [0.4, 0.5) is 0 Å². The first kappa shape index (κ1) is 20.7. The number of hydrogen-bond donors (Lipinski definition) is 0. The molecule has 0 radical (unpaired) electrons. The Balaban J connectivity index is 1.69. The topological polar surface area (TPSA) is 0 Å². The highest BCUT2D eigenvalue weighted by molar-refractivity contribution is 6.21. The Morgan fingerprint density at radius 2 is 0.853 bits per heavy atom. The molecule has 34 heavy (non-hydrogen) atoms. The minimum Gasteiger partial charge on any atom is -0.0616 e. The van der Waals surface area contributed by atoms with E-state index >= 15 is 0 Å². The Labute approximate surface area is 201 Å². The van der Waals surface area contributed by atoms with Gasteiger partial charge in [0.1, 0.15) is 0 Å². The van der Waals surface area contributed by atoms with Gasteiger partial charge in [0.25, 0.3) is 0 Å². The molecular formula is C34H28. The van der Waals surface area contributed by atoms with Gasteiger partial charge in [0.15, 0.2) is 0 Å². The predicted molar refractivity (Wildman–Crippen MR) is 149 cm³/mol. The Kier molecular flexibility index (Phi) is 4.78. The molecule has 0 aliphatic heterocycles. The van der Waals surface area contributed by atoms with E-state index in [1.807, 2.05) is 0 Å². The summed E-state index contributed by atoms with van der Waals surface area (Å²) in [6.45, 7) is 6.81. The maximum atomic E-state index is 2.33. The molecule has 6 aromatic carbocycles. The maximum Gasteiger partial charge on any atom is -0.00262 e. The van der Waals surface area contributed by atoms with Crippen LogP contribution in [0, 0.1) is 0 Å². The van der Waals surface area contributed by atoms with E-state index in [2.05, 4.69) is 136 Å². The van der Waals surface area contributed by atoms with Crippen LogP contribution in [0.15, 0.2) is 115 Å². The summed E-state index contributed by atoms with van der Waals surface area (Å²) >= 11 is 0. The van der Waals surface area contributed by atoms with Gasteiger partial charge in [-0.1, -0.05) is 130 Å². The standard InChI is InChI=1S/C34H28/c1-34(2,3)27-20-18-24(19-21-27)32-28-12-6-8-14-30(28)33(31-15-9-7-13-29(31)32)26-17-16-23-10-4-5-11-25(23)22-26/h4-22H,1-3H3. The van der Waals surface area contributed by atoms with Gasteiger partial charge in [-0.2, -0.15) is 0 Å². The van der Waals surface area contributed by atoms with Crippen LogP contribution in [0.5, 0.6) is 0 Å². The molecule has 0 heterocycles. The highest BCUT2D eigenvalue weighted by atomic mass is 14.2. The molecule has 0 aliphatic carbocycles. The van der Waals surface area contributed by atoms with Crippen LogP contribution >= 0.6 is 0 Å². The zero-order chi connectivity index (χ0) is 23.3. The van der Waals surface area contributed by atoms with Crippen LogP contribution in [0.2, 0.25) is 0 Å². The van der Waals surface area contributed by atoms with Crippen LogP contribution in [0.3, 0.4) is 0 Å². The molecule has 0 nitrogen and oxygen atoms in total. The summed E-state index contributed by atoms with van der Waals surface area (Å²) < 4.78 is 0. The van der Waals surface area contributed by atoms with Gasteiger partial charge in [0, 0.05) is 0 Å². The molecule has 0 heteroatoms. The molecule has 0 aromatic heterocycles. The third-order valence-electron chi connectivity index (χ3n) is 7.01. The second kappa shape index (κ2) is 7.85. The lowest BCUT2D eigenvalue weighted by molar-refractivity contribution is 0.590. The fourth-order valence-corrected chi connectivity index (χ4v) is 5.23. The Hall–Kier alpha value is -3.90. The normalized spacial score (nSPS) is 12.0. The van der Waals surface area contributed by atoms with E-state index in [1.54, 1.807) is 0 Å². The molecule has 0 atom stereocenters. The van der Waals surface area contributed by atoms with Crippen molar-refractivity contribution < 1.29 is 0 Å². The van der Waals surface area contributed by atoms with Crippen molar-refractivity contribution in [3.8, 4) is 22.3 Å². The average molecular weight is 437 g/mol. The third-order valence-corrected chi connectivity index (χ3v) is 7.01. The molecule has 0 aliphatic rings. The van der Waals surface area contributed by atoms with Crippen molar-refractivity contribution in [3.05, 3.63) is 121 Å². The molecule has 0 N–H and O–H groups in total. The van der Waals surface area contributed by atoms with Crippen molar-refractivity contribution in [1.29, 1.82) is 0 Å². The predicted octanol–water partition coefficient (Wildman–Crippen LogP) is 9.78. The van der Waals surface area contributed by atoms with Gasteiger partial charge >= 0.3 is 0 Å².